The van der Waals surface area contributed by atoms with E-state index in [1.165, 1.54) is 13.8 Å². The highest BCUT2D eigenvalue weighted by Crippen LogP contribution is 2.71. The summed E-state index contributed by atoms with van der Waals surface area (Å²) < 4.78 is 5.84. The van der Waals surface area contributed by atoms with Gasteiger partial charge in [-0.1, -0.05) is 48.5 Å². The number of esters is 1. The van der Waals surface area contributed by atoms with Crippen LogP contribution in [0.3, 0.4) is 0 Å². The molecule has 0 aliphatic heterocycles. The van der Waals surface area contributed by atoms with E-state index in [9.17, 15) is 39.3 Å². The topological polar surface area (TPSA) is 155 Å². The second-order valence-corrected chi connectivity index (χ2v) is 14.6. The second-order valence-electron chi connectivity index (χ2n) is 14.6. The number of aliphatic hydroxyl groups excluding tert-OH is 2. The number of hydrogen-bond acceptors (Lipinski definition) is 8. The van der Waals surface area contributed by atoms with Gasteiger partial charge in [0.15, 0.2) is 11.9 Å². The molecule has 2 saturated carbocycles. The van der Waals surface area contributed by atoms with E-state index in [1.54, 1.807) is 13.8 Å². The molecule has 0 amide bonds. The lowest BCUT2D eigenvalue weighted by Crippen LogP contribution is -2.65. The standard InChI is InChI=1S/C32H46O9/c1-15(11-18(34)12-16(2)28(39)40)19-13-23(37)32(8)24-20(35)14-21-29(4,5)22(36)9-10-30(21,6)25(24)26(38)27(31(19,32)7)41-17(3)33/h15-16,19,21-23,27,36-37H,9-14H2,1-8H3,(H,39,40)/t15?,16?,19-,21+,22+,23+,27?,30+,31+,32+/m1/s1. The third kappa shape index (κ3) is 4.36. The van der Waals surface area contributed by atoms with Gasteiger partial charge in [-0.15, -0.1) is 0 Å². The van der Waals surface area contributed by atoms with E-state index in [2.05, 4.69) is 0 Å². The van der Waals surface area contributed by atoms with Crippen molar-refractivity contribution in [3.63, 3.8) is 0 Å². The molecule has 41 heavy (non-hydrogen) atoms. The fraction of sp³-hybridized carbons (Fsp3) is 0.781. The SMILES string of the molecule is CC(=O)OC1C(=O)C2=C(C(=O)C[C@H]3C(C)(C)[C@@H](O)CC[C@]23C)[C@]2(C)[C@@H](O)C[C@H](C(C)CC(=O)CC(C)C(=O)O)[C@@]12C. The molecule has 4 aliphatic rings. The number of ketones is 3. The maximum absolute atomic E-state index is 14.6. The van der Waals surface area contributed by atoms with Gasteiger partial charge in [0.1, 0.15) is 5.78 Å². The van der Waals surface area contributed by atoms with Crippen molar-refractivity contribution in [3.8, 4) is 0 Å². The van der Waals surface area contributed by atoms with Crippen LogP contribution in [0, 0.1) is 45.3 Å². The van der Waals surface area contributed by atoms with Crippen LogP contribution in [0.5, 0.6) is 0 Å². The first kappa shape index (κ1) is 31.5. The summed E-state index contributed by atoms with van der Waals surface area (Å²) in [7, 11) is 0. The summed E-state index contributed by atoms with van der Waals surface area (Å²) in [5, 5.41) is 31.9. The van der Waals surface area contributed by atoms with Crippen LogP contribution in [-0.4, -0.2) is 62.9 Å². The average Bonchev–Trinajstić information content (AvgIpc) is 3.07. The molecular weight excluding hydrogens is 528 g/mol. The molecule has 228 valence electrons. The third-order valence-corrected chi connectivity index (χ3v) is 12.0. The smallest absolute Gasteiger partial charge is 0.306 e. The minimum Gasteiger partial charge on any atom is -0.481 e. The summed E-state index contributed by atoms with van der Waals surface area (Å²) in [6.45, 7) is 13.9. The Morgan fingerprint density at radius 3 is 2.15 bits per heavy atom. The number of hydrogen-bond donors (Lipinski definition) is 3. The number of aliphatic hydroxyl groups is 2. The molecule has 10 atom stereocenters. The number of carboxylic acid groups (broad SMARTS) is 1. The van der Waals surface area contributed by atoms with E-state index in [4.69, 9.17) is 4.74 Å². The van der Waals surface area contributed by atoms with Gasteiger partial charge in [-0.25, -0.2) is 0 Å². The van der Waals surface area contributed by atoms with Crippen LogP contribution in [0.15, 0.2) is 11.1 Å². The highest BCUT2D eigenvalue weighted by atomic mass is 16.5. The van der Waals surface area contributed by atoms with E-state index < -0.39 is 69.5 Å². The Morgan fingerprint density at radius 1 is 0.976 bits per heavy atom. The maximum atomic E-state index is 14.6. The van der Waals surface area contributed by atoms with Crippen LogP contribution in [0.25, 0.3) is 0 Å². The fourth-order valence-corrected chi connectivity index (χ4v) is 9.44. The van der Waals surface area contributed by atoms with Gasteiger partial charge in [0, 0.05) is 53.6 Å². The Bertz CT molecular complexity index is 1220. The lowest BCUT2D eigenvalue weighted by atomic mass is 9.42. The lowest BCUT2D eigenvalue weighted by Gasteiger charge is -2.61. The first-order valence-electron chi connectivity index (χ1n) is 14.9. The molecule has 0 heterocycles. The number of Topliss-reactive ketones (excluding diaryl/α,β-unsaturated/α-hetero) is 3. The summed E-state index contributed by atoms with van der Waals surface area (Å²) in [6.07, 6.45) is -1.81. The molecule has 4 rings (SSSR count). The van der Waals surface area contributed by atoms with Gasteiger partial charge in [0.2, 0.25) is 5.78 Å². The van der Waals surface area contributed by atoms with Crippen molar-refractivity contribution in [2.45, 2.75) is 112 Å². The first-order chi connectivity index (χ1) is 18.8. The van der Waals surface area contributed by atoms with E-state index in [0.29, 0.717) is 24.0 Å². The number of rotatable bonds is 7. The van der Waals surface area contributed by atoms with Crippen molar-refractivity contribution < 1.29 is 44.0 Å². The van der Waals surface area contributed by atoms with Gasteiger partial charge in [-0.2, -0.15) is 0 Å². The Labute approximate surface area is 242 Å². The van der Waals surface area contributed by atoms with Crippen molar-refractivity contribution in [3.05, 3.63) is 11.1 Å². The van der Waals surface area contributed by atoms with E-state index in [1.807, 2.05) is 27.7 Å². The first-order valence-corrected chi connectivity index (χ1v) is 14.9. The zero-order chi connectivity index (χ0) is 31.0. The van der Waals surface area contributed by atoms with Gasteiger partial charge < -0.3 is 20.1 Å². The Balaban J connectivity index is 1.87. The van der Waals surface area contributed by atoms with Gasteiger partial charge in [-0.05, 0) is 42.4 Å². The summed E-state index contributed by atoms with van der Waals surface area (Å²) in [5.74, 6) is -4.63. The summed E-state index contributed by atoms with van der Waals surface area (Å²) in [4.78, 5) is 65.5. The lowest BCUT2D eigenvalue weighted by molar-refractivity contribution is -0.178. The predicted molar refractivity (Wildman–Crippen MR) is 148 cm³/mol. The number of carbonyl (C=O) groups excluding carboxylic acids is 4. The number of ether oxygens (including phenoxy) is 1. The molecule has 0 aromatic carbocycles. The zero-order valence-electron chi connectivity index (χ0n) is 25.6. The summed E-state index contributed by atoms with van der Waals surface area (Å²) in [5.41, 5.74) is -3.21. The van der Waals surface area contributed by atoms with E-state index in [0.717, 1.165) is 0 Å². The Hall–Kier alpha value is -2.39. The van der Waals surface area contributed by atoms with E-state index >= 15 is 0 Å². The van der Waals surface area contributed by atoms with Crippen LogP contribution in [0.2, 0.25) is 0 Å². The van der Waals surface area contributed by atoms with Crippen molar-refractivity contribution in [2.75, 3.05) is 0 Å². The molecule has 2 fully saturated rings. The molecule has 3 unspecified atom stereocenters. The normalized spacial score (nSPS) is 41.2. The van der Waals surface area contributed by atoms with Crippen LogP contribution in [0.1, 0.15) is 93.9 Å². The average molecular weight is 575 g/mol. The molecule has 0 aromatic heterocycles. The fourth-order valence-electron chi connectivity index (χ4n) is 9.44. The van der Waals surface area contributed by atoms with Crippen molar-refractivity contribution in [2.24, 2.45) is 45.3 Å². The van der Waals surface area contributed by atoms with Gasteiger partial charge in [0.25, 0.3) is 0 Å². The van der Waals surface area contributed by atoms with Gasteiger partial charge in [-0.3, -0.25) is 24.0 Å². The van der Waals surface area contributed by atoms with Crippen molar-refractivity contribution >= 4 is 29.3 Å². The largest absolute Gasteiger partial charge is 0.481 e. The molecular formula is C32H46O9. The monoisotopic (exact) mass is 574 g/mol. The Morgan fingerprint density at radius 2 is 1.59 bits per heavy atom. The van der Waals surface area contributed by atoms with Crippen LogP contribution < -0.4 is 0 Å². The molecule has 0 bridgehead atoms. The summed E-state index contributed by atoms with van der Waals surface area (Å²) >= 11 is 0. The van der Waals surface area contributed by atoms with Crippen LogP contribution in [-0.2, 0) is 28.7 Å². The predicted octanol–water partition coefficient (Wildman–Crippen LogP) is 3.67. The second kappa shape index (κ2) is 10.1. The van der Waals surface area contributed by atoms with Crippen LogP contribution in [0.4, 0.5) is 0 Å². The maximum Gasteiger partial charge on any atom is 0.306 e. The molecule has 0 aromatic rings. The Kier molecular flexibility index (Phi) is 7.78. The number of aliphatic carboxylic acids is 1. The quantitative estimate of drug-likeness (QED) is 0.386. The van der Waals surface area contributed by atoms with Gasteiger partial charge in [0.05, 0.1) is 18.1 Å². The van der Waals surface area contributed by atoms with Crippen molar-refractivity contribution in [1.29, 1.82) is 0 Å². The molecule has 9 nitrogen and oxygen atoms in total. The van der Waals surface area contributed by atoms with Crippen molar-refractivity contribution in [1.82, 2.24) is 0 Å². The van der Waals surface area contributed by atoms with Crippen LogP contribution >= 0.6 is 0 Å². The highest BCUT2D eigenvalue weighted by Gasteiger charge is 2.74. The van der Waals surface area contributed by atoms with E-state index in [-0.39, 0.29) is 49.1 Å². The number of carboxylic acids is 1. The number of carbonyl (C=O) groups is 5. The number of fused-ring (bicyclic) bond motifs is 4. The third-order valence-electron chi connectivity index (χ3n) is 12.0. The molecule has 0 spiro atoms. The molecule has 3 N–H and O–H groups in total. The highest BCUT2D eigenvalue weighted by molar-refractivity contribution is 6.13. The zero-order valence-corrected chi connectivity index (χ0v) is 25.6. The minimum absolute atomic E-state index is 0.0351. The molecule has 0 radical (unpaired) electrons. The minimum atomic E-state index is -1.28. The molecule has 9 heteroatoms. The van der Waals surface area contributed by atoms with Gasteiger partial charge >= 0.3 is 11.9 Å². The molecule has 4 aliphatic carbocycles. The molecule has 0 saturated heterocycles. The summed E-state index contributed by atoms with van der Waals surface area (Å²) in [6, 6.07) is 0.